The molecule has 0 aromatic heterocycles. The molecule has 4 aliphatic rings. The summed E-state index contributed by atoms with van der Waals surface area (Å²) in [6.45, 7) is 0.660. The highest BCUT2D eigenvalue weighted by Gasteiger charge is 2.38. The lowest BCUT2D eigenvalue weighted by Crippen LogP contribution is -2.34. The molecule has 0 saturated carbocycles. The molecule has 51 heavy (non-hydrogen) atoms. The molecule has 0 spiro atoms. The first kappa shape index (κ1) is 30.2. The smallest absolute Gasteiger partial charge is 0.101 e. The fraction of sp³-hybridized carbons (Fsp3) is 0.109. The number of nitriles is 3. The van der Waals surface area contributed by atoms with E-state index in [2.05, 4.69) is 125 Å². The van der Waals surface area contributed by atoms with Gasteiger partial charge in [0.2, 0.25) is 0 Å². The number of rotatable bonds is 4. The van der Waals surface area contributed by atoms with Gasteiger partial charge in [-0.2, -0.15) is 15.8 Å². The molecule has 5 aromatic carbocycles. The maximum atomic E-state index is 10.9. The summed E-state index contributed by atoms with van der Waals surface area (Å²) in [5.74, 6) is 0.485. The van der Waals surface area contributed by atoms with Gasteiger partial charge in [0.25, 0.3) is 0 Å². The van der Waals surface area contributed by atoms with Crippen LogP contribution in [0.2, 0.25) is 0 Å². The van der Waals surface area contributed by atoms with E-state index in [1.165, 1.54) is 11.3 Å². The Kier molecular flexibility index (Phi) is 7.24. The van der Waals surface area contributed by atoms with Crippen LogP contribution in [0.4, 0.5) is 22.7 Å². The summed E-state index contributed by atoms with van der Waals surface area (Å²) < 4.78 is 0. The number of fused-ring (bicyclic) bond motifs is 6. The molecule has 9 rings (SSSR count). The fourth-order valence-electron chi connectivity index (χ4n) is 8.48. The quantitative estimate of drug-likeness (QED) is 0.193. The van der Waals surface area contributed by atoms with Gasteiger partial charge in [0.05, 0.1) is 28.9 Å². The van der Waals surface area contributed by atoms with Gasteiger partial charge in [-0.1, -0.05) is 115 Å². The van der Waals surface area contributed by atoms with Crippen molar-refractivity contribution in [1.82, 2.24) is 0 Å². The Hall–Kier alpha value is -6.87. The molecule has 0 saturated heterocycles. The molecule has 5 aromatic rings. The Labute approximate surface area is 297 Å². The molecule has 2 aliphatic heterocycles. The van der Waals surface area contributed by atoms with Crippen molar-refractivity contribution in [2.75, 3.05) is 16.3 Å². The van der Waals surface area contributed by atoms with E-state index in [1.54, 1.807) is 0 Å². The monoisotopic (exact) mass is 653 g/mol. The molecule has 3 unspecified atom stereocenters. The van der Waals surface area contributed by atoms with E-state index < -0.39 is 0 Å². The molecule has 0 bridgehead atoms. The van der Waals surface area contributed by atoms with Gasteiger partial charge >= 0.3 is 0 Å². The highest BCUT2D eigenvalue weighted by molar-refractivity contribution is 5.92. The third kappa shape index (κ3) is 4.81. The Balaban J connectivity index is 1.16. The molecule has 0 radical (unpaired) electrons. The normalized spacial score (nSPS) is 20.6. The van der Waals surface area contributed by atoms with Gasteiger partial charge in [0.1, 0.15) is 12.1 Å². The first-order valence-electron chi connectivity index (χ1n) is 17.3. The molecule has 5 heteroatoms. The van der Waals surface area contributed by atoms with Crippen LogP contribution in [0.3, 0.4) is 0 Å². The topological polar surface area (TPSA) is 77.8 Å². The van der Waals surface area contributed by atoms with Crippen molar-refractivity contribution in [3.8, 4) is 40.5 Å². The van der Waals surface area contributed by atoms with Crippen molar-refractivity contribution >= 4 is 22.7 Å². The number of allylic oxidation sites excluding steroid dienone is 5. The van der Waals surface area contributed by atoms with E-state index in [9.17, 15) is 15.8 Å². The van der Waals surface area contributed by atoms with Crippen molar-refractivity contribution in [3.05, 3.63) is 180 Å². The second-order valence-corrected chi connectivity index (χ2v) is 13.4. The van der Waals surface area contributed by atoms with Gasteiger partial charge in [-0.3, -0.25) is 0 Å². The van der Waals surface area contributed by atoms with Crippen molar-refractivity contribution in [1.29, 1.82) is 15.8 Å². The first-order valence-corrected chi connectivity index (χ1v) is 17.3. The average molecular weight is 654 g/mol. The second-order valence-electron chi connectivity index (χ2n) is 13.4. The van der Waals surface area contributed by atoms with E-state index in [4.69, 9.17) is 0 Å². The SMILES string of the molecule is N#CC1=CC2c3ccccc3N(c3cc(-c4cccc(-c5ccccc5N5c6ccccc6C6C=CC=CC65)c4C#N)ccc3C#N)C[C@@H]2C=C1. The van der Waals surface area contributed by atoms with Gasteiger partial charge in [0, 0.05) is 63.6 Å². The van der Waals surface area contributed by atoms with Gasteiger partial charge < -0.3 is 9.80 Å². The second kappa shape index (κ2) is 12.2. The Bertz CT molecular complexity index is 2500. The predicted octanol–water partition coefficient (Wildman–Crippen LogP) is 10.4. The Morgan fingerprint density at radius 2 is 1.27 bits per heavy atom. The molecule has 0 N–H and O–H groups in total. The lowest BCUT2D eigenvalue weighted by molar-refractivity contribution is 0.555. The molecule has 2 heterocycles. The van der Waals surface area contributed by atoms with Crippen LogP contribution in [-0.4, -0.2) is 12.6 Å². The summed E-state index contributed by atoms with van der Waals surface area (Å²) in [4.78, 5) is 4.64. The van der Waals surface area contributed by atoms with Crippen molar-refractivity contribution in [2.24, 2.45) is 5.92 Å². The number of benzene rings is 5. The number of anilines is 4. The first-order chi connectivity index (χ1) is 25.2. The molecule has 4 atom stereocenters. The van der Waals surface area contributed by atoms with Crippen LogP contribution < -0.4 is 9.80 Å². The van der Waals surface area contributed by atoms with E-state index in [0.717, 1.165) is 44.9 Å². The number of hydrogen-bond acceptors (Lipinski definition) is 5. The average Bonchev–Trinajstić information content (AvgIpc) is 3.54. The molecule has 0 amide bonds. The summed E-state index contributed by atoms with van der Waals surface area (Å²) in [6.07, 6.45) is 14.9. The van der Waals surface area contributed by atoms with Crippen LogP contribution in [0.15, 0.2) is 157 Å². The van der Waals surface area contributed by atoms with E-state index >= 15 is 0 Å². The summed E-state index contributed by atoms with van der Waals surface area (Å²) in [5.41, 5.74) is 11.9. The van der Waals surface area contributed by atoms with E-state index in [-0.39, 0.29) is 23.8 Å². The lowest BCUT2D eigenvalue weighted by Gasteiger charge is -2.40. The molecule has 0 fully saturated rings. The molecular weight excluding hydrogens is 623 g/mol. The molecular formula is C46H31N5. The Morgan fingerprint density at radius 1 is 0.569 bits per heavy atom. The van der Waals surface area contributed by atoms with Crippen molar-refractivity contribution in [3.63, 3.8) is 0 Å². The fourth-order valence-corrected chi connectivity index (χ4v) is 8.48. The van der Waals surface area contributed by atoms with Gasteiger partial charge in [-0.15, -0.1) is 0 Å². The number of hydrogen-bond donors (Lipinski definition) is 0. The predicted molar refractivity (Wildman–Crippen MR) is 203 cm³/mol. The maximum Gasteiger partial charge on any atom is 0.101 e. The minimum Gasteiger partial charge on any atom is -0.340 e. The van der Waals surface area contributed by atoms with Crippen LogP contribution in [0.5, 0.6) is 0 Å². The number of para-hydroxylation sites is 3. The van der Waals surface area contributed by atoms with E-state index in [0.29, 0.717) is 23.2 Å². The van der Waals surface area contributed by atoms with Gasteiger partial charge in [-0.05, 0) is 53.1 Å². The van der Waals surface area contributed by atoms with Crippen molar-refractivity contribution in [2.45, 2.75) is 17.9 Å². The summed E-state index contributed by atoms with van der Waals surface area (Å²) in [6, 6.07) is 44.6. The molecule has 5 nitrogen and oxygen atoms in total. The minimum atomic E-state index is 0.0886. The molecule has 240 valence electrons. The van der Waals surface area contributed by atoms with Crippen LogP contribution in [0.1, 0.15) is 34.1 Å². The summed E-state index contributed by atoms with van der Waals surface area (Å²) in [5, 5.41) is 30.8. The van der Waals surface area contributed by atoms with Crippen LogP contribution in [-0.2, 0) is 0 Å². The largest absolute Gasteiger partial charge is 0.340 e. The maximum absolute atomic E-state index is 10.9. The summed E-state index contributed by atoms with van der Waals surface area (Å²) in [7, 11) is 0. The van der Waals surface area contributed by atoms with Crippen molar-refractivity contribution < 1.29 is 0 Å². The van der Waals surface area contributed by atoms with Crippen LogP contribution >= 0.6 is 0 Å². The third-order valence-corrected chi connectivity index (χ3v) is 10.8. The zero-order chi connectivity index (χ0) is 34.5. The van der Waals surface area contributed by atoms with Crippen LogP contribution in [0.25, 0.3) is 22.3 Å². The highest BCUT2D eigenvalue weighted by atomic mass is 15.2. The van der Waals surface area contributed by atoms with Gasteiger partial charge in [0.15, 0.2) is 0 Å². The minimum absolute atomic E-state index is 0.0886. The zero-order valence-corrected chi connectivity index (χ0v) is 27.7. The van der Waals surface area contributed by atoms with Crippen LogP contribution in [0, 0.1) is 39.9 Å². The van der Waals surface area contributed by atoms with E-state index in [1.807, 2.05) is 54.6 Å². The third-order valence-electron chi connectivity index (χ3n) is 10.8. The lowest BCUT2D eigenvalue weighted by atomic mass is 9.77. The highest BCUT2D eigenvalue weighted by Crippen LogP contribution is 2.51. The zero-order valence-electron chi connectivity index (χ0n) is 27.7. The van der Waals surface area contributed by atoms with Gasteiger partial charge in [-0.25, -0.2) is 0 Å². The number of nitrogens with zero attached hydrogens (tertiary/aromatic N) is 5. The molecule has 2 aliphatic carbocycles. The Morgan fingerprint density at radius 3 is 2.08 bits per heavy atom. The summed E-state index contributed by atoms with van der Waals surface area (Å²) >= 11 is 0. The standard InChI is InChI=1S/C46H31N5/c47-26-30-20-21-33-29-50(42-16-5-1-13-39(42)40(33)24-30)46-25-31(22-23-32(46)27-48)34-14-9-15-35(41(34)28-49)36-10-2-6-17-43(36)51-44-18-7-3-11-37(44)38-12-4-8-19-45(38)51/h1-25,33,37,40,44H,29H2/t33-,37?,40?,44?/m0/s1.